The normalized spacial score (nSPS) is 16.9. The fourth-order valence-electron chi connectivity index (χ4n) is 3.31. The van der Waals surface area contributed by atoms with E-state index in [2.05, 4.69) is 0 Å². The third kappa shape index (κ3) is 6.01. The van der Waals surface area contributed by atoms with Gasteiger partial charge >= 0.3 is 5.97 Å². The van der Waals surface area contributed by atoms with Crippen LogP contribution in [0.1, 0.15) is 31.7 Å². The van der Waals surface area contributed by atoms with Crippen LogP contribution in [0, 0.1) is 0 Å². The molecule has 2 rings (SSSR count). The highest BCUT2D eigenvalue weighted by atomic mass is 35.5. The smallest absolute Gasteiger partial charge is 0.320 e. The molecule has 1 aromatic carbocycles. The summed E-state index contributed by atoms with van der Waals surface area (Å²) in [5.41, 5.74) is 0.936. The quantitative estimate of drug-likeness (QED) is 0.721. The van der Waals surface area contributed by atoms with Gasteiger partial charge in [-0.3, -0.25) is 14.5 Å². The van der Waals surface area contributed by atoms with Gasteiger partial charge in [0, 0.05) is 13.1 Å². The van der Waals surface area contributed by atoms with Crippen molar-refractivity contribution in [2.75, 3.05) is 33.9 Å². The van der Waals surface area contributed by atoms with Crippen molar-refractivity contribution in [2.45, 2.75) is 38.8 Å². The van der Waals surface area contributed by atoms with Gasteiger partial charge < -0.3 is 19.5 Å². The average Bonchev–Trinajstić information content (AvgIpc) is 2.65. The zero-order valence-corrected chi connectivity index (χ0v) is 17.0. The van der Waals surface area contributed by atoms with Crippen LogP contribution in [0.5, 0.6) is 11.5 Å². The van der Waals surface area contributed by atoms with Crippen LogP contribution in [0.4, 0.5) is 0 Å². The number of carboxylic acid groups (broad SMARTS) is 1. The molecule has 1 saturated heterocycles. The molecule has 1 atom stereocenters. The third-order valence-electron chi connectivity index (χ3n) is 4.79. The largest absolute Gasteiger partial charge is 0.493 e. The SMILES string of the molecule is CCN(Cc1ccc(OC)c(OC)c1)C(=O)CN1CCCCC1C(=O)O.Cl. The summed E-state index contributed by atoms with van der Waals surface area (Å²) < 4.78 is 10.5. The number of amides is 1. The molecule has 0 aromatic heterocycles. The predicted molar refractivity (Wildman–Crippen MR) is 105 cm³/mol. The number of carbonyl (C=O) groups is 2. The Hall–Kier alpha value is -1.99. The predicted octanol–water partition coefficient (Wildman–Crippen LogP) is 2.41. The molecule has 7 nitrogen and oxygen atoms in total. The number of nitrogens with zero attached hydrogens (tertiary/aromatic N) is 2. The van der Waals surface area contributed by atoms with E-state index in [4.69, 9.17) is 9.47 Å². The van der Waals surface area contributed by atoms with Gasteiger partial charge in [-0.2, -0.15) is 0 Å². The van der Waals surface area contributed by atoms with Gasteiger partial charge in [0.25, 0.3) is 0 Å². The zero-order valence-electron chi connectivity index (χ0n) is 16.1. The summed E-state index contributed by atoms with van der Waals surface area (Å²) in [6, 6.07) is 5.01. The minimum Gasteiger partial charge on any atom is -0.493 e. The number of carbonyl (C=O) groups excluding carboxylic acids is 1. The molecule has 1 unspecified atom stereocenters. The first-order chi connectivity index (χ1) is 12.5. The fraction of sp³-hybridized carbons (Fsp3) is 0.579. The summed E-state index contributed by atoms with van der Waals surface area (Å²) >= 11 is 0. The minimum absolute atomic E-state index is 0. The monoisotopic (exact) mass is 400 g/mol. The van der Waals surface area contributed by atoms with Crippen molar-refractivity contribution in [3.8, 4) is 11.5 Å². The molecular formula is C19H29ClN2O5. The number of benzene rings is 1. The van der Waals surface area contributed by atoms with Crippen molar-refractivity contribution in [1.29, 1.82) is 0 Å². The Kier molecular flexibility index (Phi) is 9.38. The number of methoxy groups -OCH3 is 2. The fourth-order valence-corrected chi connectivity index (χ4v) is 3.31. The third-order valence-corrected chi connectivity index (χ3v) is 4.79. The Morgan fingerprint density at radius 3 is 2.52 bits per heavy atom. The highest BCUT2D eigenvalue weighted by Crippen LogP contribution is 2.28. The van der Waals surface area contributed by atoms with Gasteiger partial charge in [0.05, 0.1) is 20.8 Å². The number of halogens is 1. The number of hydrogen-bond acceptors (Lipinski definition) is 5. The minimum atomic E-state index is -0.847. The molecule has 1 fully saturated rings. The van der Waals surface area contributed by atoms with Crippen LogP contribution in [-0.2, 0) is 16.1 Å². The number of likely N-dealkylation sites (tertiary alicyclic amines) is 1. The number of hydrogen-bond donors (Lipinski definition) is 1. The molecule has 8 heteroatoms. The van der Waals surface area contributed by atoms with Crippen LogP contribution in [0.15, 0.2) is 18.2 Å². The molecule has 27 heavy (non-hydrogen) atoms. The lowest BCUT2D eigenvalue weighted by molar-refractivity contribution is -0.146. The van der Waals surface area contributed by atoms with Crippen molar-refractivity contribution in [1.82, 2.24) is 9.80 Å². The molecule has 152 valence electrons. The number of rotatable bonds is 8. The second-order valence-electron chi connectivity index (χ2n) is 6.42. The Balaban J connectivity index is 0.00000364. The van der Waals surface area contributed by atoms with Gasteiger partial charge in [0.1, 0.15) is 6.04 Å². The second-order valence-corrected chi connectivity index (χ2v) is 6.42. The molecule has 0 bridgehead atoms. The summed E-state index contributed by atoms with van der Waals surface area (Å²) in [7, 11) is 3.16. The molecule has 0 saturated carbocycles. The Morgan fingerprint density at radius 2 is 1.93 bits per heavy atom. The molecule has 1 aromatic rings. The first-order valence-electron chi connectivity index (χ1n) is 8.95. The van der Waals surface area contributed by atoms with Gasteiger partial charge in [-0.05, 0) is 44.0 Å². The van der Waals surface area contributed by atoms with Gasteiger partial charge in [0.15, 0.2) is 11.5 Å². The van der Waals surface area contributed by atoms with Gasteiger partial charge in [0.2, 0.25) is 5.91 Å². The molecule has 0 spiro atoms. The Bertz CT molecular complexity index is 641. The topological polar surface area (TPSA) is 79.3 Å². The molecular weight excluding hydrogens is 372 g/mol. The summed E-state index contributed by atoms with van der Waals surface area (Å²) in [5.74, 6) is 0.356. The molecule has 1 aliphatic rings. The van der Waals surface area contributed by atoms with E-state index in [0.717, 1.165) is 18.4 Å². The van der Waals surface area contributed by atoms with Crippen LogP contribution in [-0.4, -0.2) is 66.7 Å². The number of ether oxygens (including phenoxy) is 2. The van der Waals surface area contributed by atoms with E-state index in [-0.39, 0.29) is 24.9 Å². The molecule has 0 aliphatic carbocycles. The first kappa shape index (κ1) is 23.0. The van der Waals surface area contributed by atoms with Crippen LogP contribution >= 0.6 is 12.4 Å². The van der Waals surface area contributed by atoms with E-state index in [1.165, 1.54) is 0 Å². The van der Waals surface area contributed by atoms with Crippen LogP contribution in [0.2, 0.25) is 0 Å². The zero-order chi connectivity index (χ0) is 19.1. The maximum atomic E-state index is 12.7. The van der Waals surface area contributed by atoms with Crippen LogP contribution in [0.3, 0.4) is 0 Å². The summed E-state index contributed by atoms with van der Waals surface area (Å²) in [6.07, 6.45) is 2.42. The maximum Gasteiger partial charge on any atom is 0.320 e. The highest BCUT2D eigenvalue weighted by molar-refractivity contribution is 5.85. The molecule has 1 amide bonds. The molecule has 0 radical (unpaired) electrons. The van der Waals surface area contributed by atoms with Crippen LogP contribution < -0.4 is 9.47 Å². The van der Waals surface area contributed by atoms with Crippen molar-refractivity contribution in [3.05, 3.63) is 23.8 Å². The molecule has 1 N–H and O–H groups in total. The van der Waals surface area contributed by atoms with Crippen molar-refractivity contribution < 1.29 is 24.2 Å². The molecule has 1 aliphatic heterocycles. The lowest BCUT2D eigenvalue weighted by Gasteiger charge is -2.34. The van der Waals surface area contributed by atoms with E-state index < -0.39 is 12.0 Å². The van der Waals surface area contributed by atoms with Gasteiger partial charge in [-0.1, -0.05) is 12.5 Å². The number of aliphatic carboxylic acids is 1. The number of likely N-dealkylation sites (N-methyl/N-ethyl adjacent to an activating group) is 1. The van der Waals surface area contributed by atoms with Crippen molar-refractivity contribution in [3.63, 3.8) is 0 Å². The summed E-state index contributed by atoms with van der Waals surface area (Å²) in [4.78, 5) is 27.7. The van der Waals surface area contributed by atoms with E-state index in [9.17, 15) is 14.7 Å². The van der Waals surface area contributed by atoms with Gasteiger partial charge in [-0.25, -0.2) is 0 Å². The highest BCUT2D eigenvalue weighted by Gasteiger charge is 2.30. The second kappa shape index (κ2) is 11.0. The lowest BCUT2D eigenvalue weighted by atomic mass is 10.0. The summed E-state index contributed by atoms with van der Waals surface area (Å²) in [5, 5.41) is 9.37. The number of carboxylic acids is 1. The van der Waals surface area contributed by atoms with Gasteiger partial charge in [-0.15, -0.1) is 12.4 Å². The van der Waals surface area contributed by atoms with E-state index >= 15 is 0 Å². The van der Waals surface area contributed by atoms with E-state index in [1.54, 1.807) is 24.0 Å². The van der Waals surface area contributed by atoms with Crippen molar-refractivity contribution >= 4 is 24.3 Å². The first-order valence-corrected chi connectivity index (χ1v) is 8.95. The Morgan fingerprint density at radius 1 is 1.22 bits per heavy atom. The Labute approximate surface area is 166 Å². The summed E-state index contributed by atoms with van der Waals surface area (Å²) in [6.45, 7) is 3.71. The molecule has 1 heterocycles. The van der Waals surface area contributed by atoms with Crippen molar-refractivity contribution in [2.24, 2.45) is 0 Å². The maximum absolute atomic E-state index is 12.7. The van der Waals surface area contributed by atoms with Crippen LogP contribution in [0.25, 0.3) is 0 Å². The van der Waals surface area contributed by atoms with E-state index in [0.29, 0.717) is 37.6 Å². The number of piperidine rings is 1. The lowest BCUT2D eigenvalue weighted by Crippen LogP contribution is -2.49. The van der Waals surface area contributed by atoms with E-state index in [1.807, 2.05) is 25.1 Å². The average molecular weight is 401 g/mol. The standard InChI is InChI=1S/C19H28N2O5.ClH/c1-4-20(12-14-8-9-16(25-2)17(11-14)26-3)18(22)13-21-10-6-5-7-15(21)19(23)24;/h8-9,11,15H,4-7,10,12-13H2,1-3H3,(H,23,24);1H.